The number of benzene rings is 1. The number of carbonyl (C=O) groups excluding carboxylic acids is 2. The normalized spacial score (nSPS) is 16.1. The number of aliphatic hydroxyl groups is 1. The summed E-state index contributed by atoms with van der Waals surface area (Å²) >= 11 is 0. The van der Waals surface area contributed by atoms with E-state index in [9.17, 15) is 19.1 Å². The van der Waals surface area contributed by atoms with Crippen LogP contribution in [-0.2, 0) is 16.1 Å². The molecule has 1 fully saturated rings. The Labute approximate surface area is 141 Å². The van der Waals surface area contributed by atoms with E-state index < -0.39 is 0 Å². The minimum Gasteiger partial charge on any atom is -0.395 e. The second kappa shape index (κ2) is 8.75. The molecule has 0 saturated carbocycles. The Morgan fingerprint density at radius 2 is 1.96 bits per heavy atom. The molecule has 7 heteroatoms. The molecule has 6 nitrogen and oxygen atoms in total. The first-order chi connectivity index (χ1) is 11.5. The van der Waals surface area contributed by atoms with Crippen molar-refractivity contribution < 1.29 is 19.1 Å². The molecule has 24 heavy (non-hydrogen) atoms. The van der Waals surface area contributed by atoms with Crippen LogP contribution in [0.4, 0.5) is 4.39 Å². The summed E-state index contributed by atoms with van der Waals surface area (Å²) in [6.45, 7) is 1.57. The van der Waals surface area contributed by atoms with Gasteiger partial charge in [0, 0.05) is 24.6 Å². The molecular formula is C17H24FN3O3. The molecule has 1 saturated heterocycles. The SMILES string of the molecule is NC(=O)C1CCN(CC(=O)N(CCO)Cc2ccccc2F)CC1. The topological polar surface area (TPSA) is 86.9 Å². The molecule has 1 aliphatic rings. The lowest BCUT2D eigenvalue weighted by molar-refractivity contribution is -0.134. The summed E-state index contributed by atoms with van der Waals surface area (Å²) in [5, 5.41) is 9.18. The molecule has 0 bridgehead atoms. The minimum atomic E-state index is -0.365. The molecule has 0 aromatic heterocycles. The Kier molecular flexibility index (Phi) is 6.69. The number of aliphatic hydroxyl groups excluding tert-OH is 1. The lowest BCUT2D eigenvalue weighted by atomic mass is 9.96. The summed E-state index contributed by atoms with van der Waals surface area (Å²) in [7, 11) is 0. The largest absolute Gasteiger partial charge is 0.395 e. The highest BCUT2D eigenvalue weighted by molar-refractivity contribution is 5.78. The summed E-state index contributed by atoms with van der Waals surface area (Å²) in [6, 6.07) is 6.30. The van der Waals surface area contributed by atoms with Crippen molar-refractivity contribution >= 4 is 11.8 Å². The quantitative estimate of drug-likeness (QED) is 0.751. The molecule has 1 aromatic rings. The number of nitrogens with two attached hydrogens (primary N) is 1. The Bertz CT molecular complexity index is 574. The number of rotatable bonds is 7. The molecule has 2 amide bonds. The van der Waals surface area contributed by atoms with Gasteiger partial charge in [0.2, 0.25) is 11.8 Å². The average molecular weight is 337 g/mol. The highest BCUT2D eigenvalue weighted by atomic mass is 19.1. The van der Waals surface area contributed by atoms with Gasteiger partial charge >= 0.3 is 0 Å². The third kappa shape index (κ3) is 5.01. The van der Waals surface area contributed by atoms with Crippen LogP contribution in [0.15, 0.2) is 24.3 Å². The Hall–Kier alpha value is -1.99. The number of hydrogen-bond donors (Lipinski definition) is 2. The van der Waals surface area contributed by atoms with Gasteiger partial charge in [0.05, 0.1) is 13.2 Å². The molecule has 1 aromatic carbocycles. The summed E-state index contributed by atoms with van der Waals surface area (Å²) in [4.78, 5) is 27.1. The van der Waals surface area contributed by atoms with Crippen molar-refractivity contribution in [3.05, 3.63) is 35.6 Å². The Balaban J connectivity index is 1.92. The van der Waals surface area contributed by atoms with Crippen molar-refractivity contribution in [1.29, 1.82) is 0 Å². The van der Waals surface area contributed by atoms with E-state index in [1.54, 1.807) is 18.2 Å². The first-order valence-corrected chi connectivity index (χ1v) is 8.15. The Morgan fingerprint density at radius 3 is 2.54 bits per heavy atom. The number of primary amides is 1. The van der Waals surface area contributed by atoms with Crippen molar-refractivity contribution in [1.82, 2.24) is 9.80 Å². The monoisotopic (exact) mass is 337 g/mol. The van der Waals surface area contributed by atoms with Gasteiger partial charge in [-0.3, -0.25) is 14.5 Å². The number of amides is 2. The van der Waals surface area contributed by atoms with Crippen LogP contribution >= 0.6 is 0 Å². The maximum absolute atomic E-state index is 13.8. The van der Waals surface area contributed by atoms with Crippen molar-refractivity contribution in [3.8, 4) is 0 Å². The van der Waals surface area contributed by atoms with Gasteiger partial charge in [0.15, 0.2) is 0 Å². The molecule has 0 atom stereocenters. The van der Waals surface area contributed by atoms with Gasteiger partial charge in [-0.1, -0.05) is 18.2 Å². The number of piperidine rings is 1. The molecule has 0 radical (unpaired) electrons. The van der Waals surface area contributed by atoms with Crippen molar-refractivity contribution in [3.63, 3.8) is 0 Å². The van der Waals surface area contributed by atoms with Crippen LogP contribution in [0.3, 0.4) is 0 Å². The molecule has 0 aliphatic carbocycles. The molecule has 132 valence electrons. The van der Waals surface area contributed by atoms with Crippen LogP contribution in [0.25, 0.3) is 0 Å². The lowest BCUT2D eigenvalue weighted by Gasteiger charge is -2.32. The van der Waals surface area contributed by atoms with Crippen LogP contribution < -0.4 is 5.73 Å². The summed E-state index contributed by atoms with van der Waals surface area (Å²) < 4.78 is 13.8. The van der Waals surface area contributed by atoms with Crippen LogP contribution in [0.5, 0.6) is 0 Å². The van der Waals surface area contributed by atoms with Crippen molar-refractivity contribution in [2.75, 3.05) is 32.8 Å². The third-order valence-electron chi connectivity index (χ3n) is 4.39. The lowest BCUT2D eigenvalue weighted by Crippen LogP contribution is -2.45. The van der Waals surface area contributed by atoms with Gasteiger partial charge in [-0.2, -0.15) is 0 Å². The van der Waals surface area contributed by atoms with E-state index >= 15 is 0 Å². The number of likely N-dealkylation sites (tertiary alicyclic amines) is 1. The van der Waals surface area contributed by atoms with Gasteiger partial charge < -0.3 is 15.7 Å². The molecule has 0 unspecified atom stereocenters. The summed E-state index contributed by atoms with van der Waals surface area (Å²) in [5.41, 5.74) is 5.73. The predicted molar refractivity (Wildman–Crippen MR) is 87.3 cm³/mol. The summed E-state index contributed by atoms with van der Waals surface area (Å²) in [6.07, 6.45) is 1.30. The van der Waals surface area contributed by atoms with E-state index in [0.29, 0.717) is 31.5 Å². The highest BCUT2D eigenvalue weighted by Gasteiger charge is 2.25. The standard InChI is InChI=1S/C17H24FN3O3/c18-15-4-2-1-3-14(15)11-21(9-10-22)16(23)12-20-7-5-13(6-8-20)17(19)24/h1-4,13,22H,5-12H2,(H2,19,24). The summed E-state index contributed by atoms with van der Waals surface area (Å²) in [5.74, 6) is -0.939. The number of carbonyl (C=O) groups is 2. The first kappa shape index (κ1) is 18.4. The maximum Gasteiger partial charge on any atom is 0.237 e. The first-order valence-electron chi connectivity index (χ1n) is 8.15. The highest BCUT2D eigenvalue weighted by Crippen LogP contribution is 2.17. The average Bonchev–Trinajstić information content (AvgIpc) is 2.56. The second-order valence-electron chi connectivity index (χ2n) is 6.08. The molecule has 1 aliphatic heterocycles. The van der Waals surface area contributed by atoms with E-state index in [2.05, 4.69) is 0 Å². The number of halogens is 1. The van der Waals surface area contributed by atoms with Crippen LogP contribution in [0.1, 0.15) is 18.4 Å². The van der Waals surface area contributed by atoms with Crippen LogP contribution in [0, 0.1) is 11.7 Å². The minimum absolute atomic E-state index is 0.122. The van der Waals surface area contributed by atoms with E-state index in [1.165, 1.54) is 11.0 Å². The molecular weight excluding hydrogens is 313 g/mol. The predicted octanol–water partition coefficient (Wildman–Crippen LogP) is 0.344. The molecule has 2 rings (SSSR count). The van der Waals surface area contributed by atoms with Crippen LogP contribution in [0.2, 0.25) is 0 Å². The maximum atomic E-state index is 13.8. The second-order valence-corrected chi connectivity index (χ2v) is 6.08. The van der Waals surface area contributed by atoms with E-state index in [0.717, 1.165) is 0 Å². The Morgan fingerprint density at radius 1 is 1.29 bits per heavy atom. The smallest absolute Gasteiger partial charge is 0.237 e. The van der Waals surface area contributed by atoms with Gasteiger partial charge in [-0.05, 0) is 32.0 Å². The fraction of sp³-hybridized carbons (Fsp3) is 0.529. The van der Waals surface area contributed by atoms with E-state index in [4.69, 9.17) is 5.73 Å². The van der Waals surface area contributed by atoms with E-state index in [-0.39, 0.29) is 49.8 Å². The van der Waals surface area contributed by atoms with Crippen LogP contribution in [-0.4, -0.2) is 59.5 Å². The van der Waals surface area contributed by atoms with Gasteiger partial charge in [-0.15, -0.1) is 0 Å². The van der Waals surface area contributed by atoms with E-state index in [1.807, 2.05) is 4.90 Å². The van der Waals surface area contributed by atoms with Crippen molar-refractivity contribution in [2.45, 2.75) is 19.4 Å². The fourth-order valence-electron chi connectivity index (χ4n) is 2.91. The van der Waals surface area contributed by atoms with Gasteiger partial charge in [0.1, 0.15) is 5.82 Å². The van der Waals surface area contributed by atoms with Gasteiger partial charge in [-0.25, -0.2) is 4.39 Å². The fourth-order valence-corrected chi connectivity index (χ4v) is 2.91. The molecule has 1 heterocycles. The zero-order valence-electron chi connectivity index (χ0n) is 13.7. The zero-order chi connectivity index (χ0) is 17.5. The number of hydrogen-bond acceptors (Lipinski definition) is 4. The van der Waals surface area contributed by atoms with Gasteiger partial charge in [0.25, 0.3) is 0 Å². The third-order valence-corrected chi connectivity index (χ3v) is 4.39. The zero-order valence-corrected chi connectivity index (χ0v) is 13.7. The molecule has 0 spiro atoms. The number of nitrogens with zero attached hydrogens (tertiary/aromatic N) is 2. The molecule has 3 N–H and O–H groups in total. The van der Waals surface area contributed by atoms with Crippen molar-refractivity contribution in [2.24, 2.45) is 11.7 Å².